The van der Waals surface area contributed by atoms with Crippen molar-refractivity contribution in [3.05, 3.63) is 0 Å². The van der Waals surface area contributed by atoms with E-state index in [1.807, 2.05) is 0 Å². The van der Waals surface area contributed by atoms with Gasteiger partial charge in [0.1, 0.15) is 0 Å². The van der Waals surface area contributed by atoms with Gasteiger partial charge in [0.15, 0.2) is 0 Å². The van der Waals surface area contributed by atoms with E-state index in [4.69, 9.17) is 0 Å². The summed E-state index contributed by atoms with van der Waals surface area (Å²) in [4.78, 5) is 0. The van der Waals surface area contributed by atoms with Crippen molar-refractivity contribution in [1.29, 1.82) is 0 Å². The Morgan fingerprint density at radius 2 is 1.00 bits per heavy atom. The normalized spacial score (nSPS) is 14.2. The first kappa shape index (κ1) is 11.6. The Hall–Kier alpha value is 1.59. The summed E-state index contributed by atoms with van der Waals surface area (Å²) in [6.45, 7) is 14.7. The van der Waals surface area contributed by atoms with Crippen LogP contribution in [0.2, 0.25) is 39.3 Å². The summed E-state index contributed by atoms with van der Waals surface area (Å²) >= 11 is 1.06. The summed E-state index contributed by atoms with van der Waals surface area (Å²) in [5.41, 5.74) is 0. The second-order valence-corrected chi connectivity index (χ2v) is 19.7. The van der Waals surface area contributed by atoms with Crippen molar-refractivity contribution >= 4 is 16.5 Å². The van der Waals surface area contributed by atoms with Gasteiger partial charge in [-0.3, -0.25) is 0 Å². The minimum atomic E-state index is -0.927. The van der Waals surface area contributed by atoms with E-state index in [2.05, 4.69) is 40.3 Å². The minimum absolute atomic E-state index is 0.927. The molecule has 0 heterocycles. The number of nitrogens with zero attached hydrogens (tertiary/aromatic N) is 1. The molecule has 4 heteroatoms. The second-order valence-electron chi connectivity index (χ2n) is 4.71. The molecule has 0 N–H and O–H groups in total. The third kappa shape index (κ3) is 3.83. The van der Waals surface area contributed by atoms with Crippen molar-refractivity contribution < 1.29 is 34.1 Å². The van der Waals surface area contributed by atoms with Crippen molar-refractivity contribution in [3.63, 3.8) is 0 Å². The molecule has 10 heavy (non-hydrogen) atoms. The van der Waals surface area contributed by atoms with Gasteiger partial charge in [-0.2, -0.15) is 0 Å². The molecule has 0 radical (unpaired) electrons. The van der Waals surface area contributed by atoms with Gasteiger partial charge in [0.05, 0.1) is 0 Å². The third-order valence-corrected chi connectivity index (χ3v) is 23.0. The molecule has 0 amide bonds. The summed E-state index contributed by atoms with van der Waals surface area (Å²) in [7, 11) is -1.85. The molecular formula is C6H18LaNSi2. The molecule has 0 saturated carbocycles. The molecule has 0 aromatic rings. The molecule has 0 bridgehead atoms. The Bertz CT molecular complexity index is 99.9. The zero-order chi connectivity index (χ0) is 8.58. The third-order valence-electron chi connectivity index (χ3n) is 1.45. The van der Waals surface area contributed by atoms with Crippen LogP contribution in [0.1, 0.15) is 0 Å². The van der Waals surface area contributed by atoms with Crippen molar-refractivity contribution in [1.82, 2.24) is 0.995 Å². The van der Waals surface area contributed by atoms with E-state index in [-0.39, 0.29) is 0 Å². The number of hydrogen-bond donors (Lipinski definition) is 0. The predicted molar refractivity (Wildman–Crippen MR) is 48.5 cm³/mol. The molecule has 0 unspecified atom stereocenters. The van der Waals surface area contributed by atoms with Gasteiger partial charge < -0.3 is 0 Å². The second kappa shape index (κ2) is 3.54. The van der Waals surface area contributed by atoms with Gasteiger partial charge in [-0.1, -0.05) is 0 Å². The van der Waals surface area contributed by atoms with Crippen LogP contribution < -0.4 is 0 Å². The van der Waals surface area contributed by atoms with E-state index in [9.17, 15) is 0 Å². The molecule has 0 aliphatic heterocycles. The fourth-order valence-corrected chi connectivity index (χ4v) is 9.06. The Morgan fingerprint density at radius 3 is 1.00 bits per heavy atom. The first-order valence-electron chi connectivity index (χ1n) is 3.71. The van der Waals surface area contributed by atoms with Crippen LogP contribution in [0.3, 0.4) is 0 Å². The van der Waals surface area contributed by atoms with Crippen LogP contribution in [0.4, 0.5) is 0 Å². The molecule has 0 atom stereocenters. The zero-order valence-corrected chi connectivity index (χ0v) is 13.7. The van der Waals surface area contributed by atoms with E-state index >= 15 is 0 Å². The van der Waals surface area contributed by atoms with Crippen molar-refractivity contribution in [2.45, 2.75) is 39.3 Å². The quantitative estimate of drug-likeness (QED) is 0.708. The first-order valence-corrected chi connectivity index (χ1v) is 12.2. The van der Waals surface area contributed by atoms with Crippen LogP contribution in [0.25, 0.3) is 0 Å². The van der Waals surface area contributed by atoms with E-state index < -0.39 is 16.5 Å². The maximum atomic E-state index is 2.82. The fourth-order valence-electron chi connectivity index (χ4n) is 1.01. The fraction of sp³-hybridized carbons (Fsp3) is 1.00. The zero-order valence-electron chi connectivity index (χ0n) is 8.02. The van der Waals surface area contributed by atoms with Crippen LogP contribution in [0, 0.1) is 34.1 Å². The first-order chi connectivity index (χ1) is 4.15. The molecule has 0 fully saturated rings. The Labute approximate surface area is 90.0 Å². The van der Waals surface area contributed by atoms with Gasteiger partial charge in [0.25, 0.3) is 0 Å². The molecule has 0 spiro atoms. The van der Waals surface area contributed by atoms with Gasteiger partial charge in [-0.15, -0.1) is 0 Å². The van der Waals surface area contributed by atoms with E-state index in [1.165, 1.54) is 0 Å². The van der Waals surface area contributed by atoms with Crippen LogP contribution in [-0.2, 0) is 0 Å². The van der Waals surface area contributed by atoms with Crippen molar-refractivity contribution in [2.75, 3.05) is 0 Å². The molecule has 0 aliphatic rings. The van der Waals surface area contributed by atoms with Crippen molar-refractivity contribution in [2.24, 2.45) is 0 Å². The summed E-state index contributed by atoms with van der Waals surface area (Å²) in [6.07, 6.45) is 0. The standard InChI is InChI=1S/C6H18NSi2.La/c1-8(2,3)7-9(4,5)6;/h1-6H3;/q-1;+1. The number of hydrogen-bond acceptors (Lipinski definition) is 1. The van der Waals surface area contributed by atoms with Crippen LogP contribution in [0.15, 0.2) is 0 Å². The molecule has 1 nitrogen and oxygen atoms in total. The van der Waals surface area contributed by atoms with Crippen molar-refractivity contribution in [3.8, 4) is 0 Å². The SMILES string of the molecule is C[Si](C)(C)[N]([La])[Si](C)(C)C. The maximum absolute atomic E-state index is 2.82. The topological polar surface area (TPSA) is 3.24 Å². The summed E-state index contributed by atoms with van der Waals surface area (Å²) in [6, 6.07) is 0. The van der Waals surface area contributed by atoms with Gasteiger partial charge >= 0.3 is 90.8 Å². The molecule has 0 aliphatic carbocycles. The van der Waals surface area contributed by atoms with Gasteiger partial charge in [0.2, 0.25) is 0 Å². The predicted octanol–water partition coefficient (Wildman–Crippen LogP) is 2.42. The van der Waals surface area contributed by atoms with E-state index in [0.29, 0.717) is 0 Å². The molecule has 0 saturated heterocycles. The average Bonchev–Trinajstić information content (AvgIpc) is 1.59. The summed E-state index contributed by atoms with van der Waals surface area (Å²) in [5, 5.41) is 0. The van der Waals surface area contributed by atoms with Gasteiger partial charge in [0, 0.05) is 0 Å². The summed E-state index contributed by atoms with van der Waals surface area (Å²) < 4.78 is 2.82. The average molecular weight is 299 g/mol. The molecular weight excluding hydrogens is 281 g/mol. The molecule has 58 valence electrons. The van der Waals surface area contributed by atoms with Crippen LogP contribution in [-0.4, -0.2) is 17.5 Å². The van der Waals surface area contributed by atoms with E-state index in [0.717, 1.165) is 34.1 Å². The van der Waals surface area contributed by atoms with Crippen LogP contribution in [0.5, 0.6) is 0 Å². The Morgan fingerprint density at radius 1 is 0.800 bits per heavy atom. The van der Waals surface area contributed by atoms with Gasteiger partial charge in [-0.25, -0.2) is 0 Å². The molecule has 0 aromatic carbocycles. The molecule has 0 aromatic heterocycles. The van der Waals surface area contributed by atoms with Gasteiger partial charge in [-0.05, 0) is 0 Å². The summed E-state index contributed by atoms with van der Waals surface area (Å²) in [5.74, 6) is 0. The van der Waals surface area contributed by atoms with Crippen LogP contribution >= 0.6 is 0 Å². The van der Waals surface area contributed by atoms with E-state index in [1.54, 1.807) is 0 Å². The molecule has 0 rings (SSSR count). The Kier molecular flexibility index (Phi) is 4.10. The monoisotopic (exact) mass is 299 g/mol. The number of rotatable bonds is 2. The Balaban J connectivity index is 4.23.